The van der Waals surface area contributed by atoms with Crippen LogP contribution >= 0.6 is 22.7 Å². The van der Waals surface area contributed by atoms with Gasteiger partial charge >= 0.3 is 0 Å². The number of fused-ring (bicyclic) bond motifs is 1. The summed E-state index contributed by atoms with van der Waals surface area (Å²) in [7, 11) is -3.41. The largest absolute Gasteiger partial charge is 0.349 e. The number of hydrogen-bond acceptors (Lipinski definition) is 7. The Balaban J connectivity index is 1.77. The number of hydrogen-bond donors (Lipinski definition) is 2. The molecule has 0 aliphatic rings. The quantitative estimate of drug-likeness (QED) is 0.538. The number of rotatable bonds is 8. The summed E-state index contributed by atoms with van der Waals surface area (Å²) in [5.74, 6) is -0.203. The van der Waals surface area contributed by atoms with E-state index in [1.807, 2.05) is 19.1 Å². The third-order valence-corrected chi connectivity index (χ3v) is 7.22. The van der Waals surface area contributed by atoms with Gasteiger partial charge in [-0.2, -0.15) is 0 Å². The van der Waals surface area contributed by atoms with Crippen molar-refractivity contribution in [3.8, 4) is 0 Å². The standard InChI is InChI=1S/C19H24N4O3S3/c1-5-23(6-2)19-21-18-16(28-19)11-15(27-18)17(24)20-12(3)13-9-7-8-10-14(13)22-29(4,25)26/h7-12,22H,5-6H2,1-4H3,(H,20,24). The molecule has 0 bridgehead atoms. The van der Waals surface area contributed by atoms with Crippen molar-refractivity contribution in [3.63, 3.8) is 0 Å². The maximum absolute atomic E-state index is 12.8. The average Bonchev–Trinajstić information content (AvgIpc) is 3.21. The van der Waals surface area contributed by atoms with Gasteiger partial charge in [-0.25, -0.2) is 13.4 Å². The fourth-order valence-electron chi connectivity index (χ4n) is 2.98. The zero-order valence-corrected chi connectivity index (χ0v) is 19.2. The molecule has 0 spiro atoms. The SMILES string of the molecule is CCN(CC)c1nc2sc(C(=O)NC(C)c3ccccc3NS(C)(=O)=O)cc2s1. The summed E-state index contributed by atoms with van der Waals surface area (Å²) in [6.07, 6.45) is 1.10. The van der Waals surface area contributed by atoms with E-state index in [9.17, 15) is 13.2 Å². The fourth-order valence-corrected chi connectivity index (χ4v) is 5.80. The lowest BCUT2D eigenvalue weighted by molar-refractivity contribution is 0.0944. The predicted octanol–water partition coefficient (Wildman–Crippen LogP) is 4.07. The first-order chi connectivity index (χ1) is 13.7. The van der Waals surface area contributed by atoms with Gasteiger partial charge in [-0.1, -0.05) is 29.5 Å². The number of benzene rings is 1. The zero-order valence-electron chi connectivity index (χ0n) is 16.7. The van der Waals surface area contributed by atoms with Gasteiger partial charge in [0.2, 0.25) is 10.0 Å². The number of aromatic nitrogens is 1. The molecule has 0 saturated carbocycles. The molecule has 10 heteroatoms. The van der Waals surface area contributed by atoms with E-state index in [1.165, 1.54) is 11.3 Å². The van der Waals surface area contributed by atoms with Crippen LogP contribution in [-0.2, 0) is 10.0 Å². The van der Waals surface area contributed by atoms with Crippen LogP contribution in [-0.4, -0.2) is 38.7 Å². The lowest BCUT2D eigenvalue weighted by Crippen LogP contribution is -2.27. The molecule has 1 amide bonds. The van der Waals surface area contributed by atoms with Gasteiger partial charge < -0.3 is 10.2 Å². The predicted molar refractivity (Wildman–Crippen MR) is 122 cm³/mol. The number of nitrogens with zero attached hydrogens (tertiary/aromatic N) is 2. The fraction of sp³-hybridized carbons (Fsp3) is 0.368. The van der Waals surface area contributed by atoms with Crippen molar-refractivity contribution < 1.29 is 13.2 Å². The number of para-hydroxylation sites is 1. The number of nitrogens with one attached hydrogen (secondary N) is 2. The number of thiazole rings is 1. The smallest absolute Gasteiger partial charge is 0.261 e. The molecule has 29 heavy (non-hydrogen) atoms. The van der Waals surface area contributed by atoms with E-state index < -0.39 is 10.0 Å². The molecule has 7 nitrogen and oxygen atoms in total. The van der Waals surface area contributed by atoms with Gasteiger partial charge in [0, 0.05) is 13.1 Å². The first-order valence-electron chi connectivity index (χ1n) is 9.24. The van der Waals surface area contributed by atoms with Gasteiger partial charge in [-0.05, 0) is 38.5 Å². The molecule has 0 fully saturated rings. The second kappa shape index (κ2) is 8.68. The van der Waals surface area contributed by atoms with Crippen LogP contribution in [0.4, 0.5) is 10.8 Å². The summed E-state index contributed by atoms with van der Waals surface area (Å²) >= 11 is 2.95. The Morgan fingerprint density at radius 3 is 2.52 bits per heavy atom. The van der Waals surface area contributed by atoms with Crippen molar-refractivity contribution in [1.82, 2.24) is 10.3 Å². The monoisotopic (exact) mass is 452 g/mol. The molecular weight excluding hydrogens is 428 g/mol. The second-order valence-electron chi connectivity index (χ2n) is 6.61. The molecule has 1 aromatic carbocycles. The Kier molecular flexibility index (Phi) is 6.45. The van der Waals surface area contributed by atoms with Crippen LogP contribution in [0.15, 0.2) is 30.3 Å². The molecule has 3 rings (SSSR count). The average molecular weight is 453 g/mol. The van der Waals surface area contributed by atoms with E-state index in [4.69, 9.17) is 0 Å². The molecule has 2 aromatic heterocycles. The number of sulfonamides is 1. The van der Waals surface area contributed by atoms with Crippen LogP contribution in [0, 0.1) is 0 Å². The highest BCUT2D eigenvalue weighted by atomic mass is 32.2. The van der Waals surface area contributed by atoms with Crippen LogP contribution in [0.3, 0.4) is 0 Å². The minimum absolute atomic E-state index is 0.203. The van der Waals surface area contributed by atoms with Gasteiger partial charge in [-0.15, -0.1) is 11.3 Å². The first-order valence-corrected chi connectivity index (χ1v) is 12.8. The molecule has 0 radical (unpaired) electrons. The first kappa shape index (κ1) is 21.5. The molecule has 0 aliphatic carbocycles. The minimum Gasteiger partial charge on any atom is -0.349 e. The highest BCUT2D eigenvalue weighted by molar-refractivity contribution is 7.92. The van der Waals surface area contributed by atoms with Crippen LogP contribution in [0.1, 0.15) is 42.0 Å². The number of carbonyl (C=O) groups is 1. The van der Waals surface area contributed by atoms with E-state index in [0.717, 1.165) is 34.0 Å². The van der Waals surface area contributed by atoms with Crippen molar-refractivity contribution in [3.05, 3.63) is 40.8 Å². The number of amides is 1. The molecule has 3 aromatic rings. The van der Waals surface area contributed by atoms with Gasteiger partial charge in [-0.3, -0.25) is 9.52 Å². The highest BCUT2D eigenvalue weighted by Gasteiger charge is 2.19. The van der Waals surface area contributed by atoms with Gasteiger partial charge in [0.15, 0.2) is 5.13 Å². The normalized spacial score (nSPS) is 12.7. The molecule has 2 N–H and O–H groups in total. The summed E-state index contributed by atoms with van der Waals surface area (Å²) in [6.45, 7) is 7.80. The highest BCUT2D eigenvalue weighted by Crippen LogP contribution is 2.35. The number of carbonyl (C=O) groups excluding carboxylic acids is 1. The number of thiophene rings is 1. The van der Waals surface area contributed by atoms with Crippen LogP contribution in [0.2, 0.25) is 0 Å². The van der Waals surface area contributed by atoms with Crippen LogP contribution < -0.4 is 14.9 Å². The van der Waals surface area contributed by atoms with Crippen molar-refractivity contribution in [2.45, 2.75) is 26.8 Å². The second-order valence-corrected chi connectivity index (χ2v) is 10.4. The Hall–Kier alpha value is -2.17. The van der Waals surface area contributed by atoms with Crippen molar-refractivity contribution in [2.24, 2.45) is 0 Å². The van der Waals surface area contributed by atoms with Gasteiger partial charge in [0.05, 0.1) is 27.6 Å². The third kappa shape index (κ3) is 5.06. The Morgan fingerprint density at radius 2 is 1.90 bits per heavy atom. The van der Waals surface area contributed by atoms with Crippen molar-refractivity contribution >= 4 is 59.0 Å². The molecular formula is C19H24N4O3S3. The summed E-state index contributed by atoms with van der Waals surface area (Å²) < 4.78 is 26.7. The van der Waals surface area contributed by atoms with Crippen molar-refractivity contribution in [2.75, 3.05) is 29.0 Å². The van der Waals surface area contributed by atoms with E-state index in [2.05, 4.69) is 33.8 Å². The maximum atomic E-state index is 12.8. The Morgan fingerprint density at radius 1 is 1.21 bits per heavy atom. The molecule has 156 valence electrons. The molecule has 1 unspecified atom stereocenters. The number of anilines is 2. The topological polar surface area (TPSA) is 91.4 Å². The summed E-state index contributed by atoms with van der Waals surface area (Å²) in [5.41, 5.74) is 1.16. The summed E-state index contributed by atoms with van der Waals surface area (Å²) in [5, 5.41) is 3.92. The summed E-state index contributed by atoms with van der Waals surface area (Å²) in [6, 6.07) is 8.53. The molecule has 2 heterocycles. The van der Waals surface area contributed by atoms with Gasteiger partial charge in [0.1, 0.15) is 4.83 Å². The Bertz CT molecular complexity index is 1090. The lowest BCUT2D eigenvalue weighted by atomic mass is 10.1. The summed E-state index contributed by atoms with van der Waals surface area (Å²) in [4.78, 5) is 21.0. The van der Waals surface area contributed by atoms with E-state index in [0.29, 0.717) is 16.1 Å². The van der Waals surface area contributed by atoms with E-state index in [1.54, 1.807) is 29.5 Å². The van der Waals surface area contributed by atoms with Crippen molar-refractivity contribution in [1.29, 1.82) is 0 Å². The van der Waals surface area contributed by atoms with Crippen LogP contribution in [0.25, 0.3) is 9.53 Å². The Labute approximate surface area is 178 Å². The minimum atomic E-state index is -3.41. The lowest BCUT2D eigenvalue weighted by Gasteiger charge is -2.18. The zero-order chi connectivity index (χ0) is 21.2. The molecule has 0 aliphatic heterocycles. The van der Waals surface area contributed by atoms with Crippen LogP contribution in [0.5, 0.6) is 0 Å². The van der Waals surface area contributed by atoms with Gasteiger partial charge in [0.25, 0.3) is 5.91 Å². The molecule has 1 atom stereocenters. The van der Waals surface area contributed by atoms with E-state index >= 15 is 0 Å². The molecule has 0 saturated heterocycles. The maximum Gasteiger partial charge on any atom is 0.261 e. The third-order valence-electron chi connectivity index (χ3n) is 4.41. The van der Waals surface area contributed by atoms with E-state index in [-0.39, 0.29) is 11.9 Å².